The van der Waals surface area contributed by atoms with Crippen molar-refractivity contribution < 1.29 is 18.3 Å². The van der Waals surface area contributed by atoms with Gasteiger partial charge in [0.2, 0.25) is 0 Å². The van der Waals surface area contributed by atoms with Crippen LogP contribution in [0, 0.1) is 27.7 Å². The molecule has 2 N–H and O–H groups in total. The van der Waals surface area contributed by atoms with Gasteiger partial charge in [-0.15, -0.1) is 0 Å². The largest absolute Gasteiger partial charge is 0.478 e. The lowest BCUT2D eigenvalue weighted by Gasteiger charge is -2.15. The Balaban J connectivity index is 2.46. The first-order valence-electron chi connectivity index (χ1n) is 7.06. The van der Waals surface area contributed by atoms with Crippen molar-refractivity contribution >= 4 is 21.7 Å². The molecule has 0 fully saturated rings. The highest BCUT2D eigenvalue weighted by atomic mass is 32.2. The van der Waals surface area contributed by atoms with Gasteiger partial charge in [0.05, 0.1) is 16.1 Å². The Bertz CT molecular complexity index is 862. The molecule has 0 bridgehead atoms. The number of aromatic carboxylic acids is 1. The first-order valence-corrected chi connectivity index (χ1v) is 8.55. The molecule has 0 radical (unpaired) electrons. The quantitative estimate of drug-likeness (QED) is 0.898. The molecule has 0 unspecified atom stereocenters. The normalized spacial score (nSPS) is 11.3. The molecule has 0 heterocycles. The number of rotatable bonds is 4. The minimum absolute atomic E-state index is 0.119. The van der Waals surface area contributed by atoms with Crippen LogP contribution < -0.4 is 4.72 Å². The van der Waals surface area contributed by atoms with Gasteiger partial charge in [0.25, 0.3) is 10.0 Å². The third-order valence-electron chi connectivity index (χ3n) is 3.59. The van der Waals surface area contributed by atoms with E-state index in [1.807, 2.05) is 19.1 Å². The Morgan fingerprint density at radius 1 is 0.957 bits per heavy atom. The lowest BCUT2D eigenvalue weighted by atomic mass is 10.1. The molecule has 0 aliphatic rings. The molecule has 0 saturated heterocycles. The second kappa shape index (κ2) is 6.04. The highest BCUT2D eigenvalue weighted by molar-refractivity contribution is 7.92. The number of carboxylic acid groups (broad SMARTS) is 1. The van der Waals surface area contributed by atoms with Crippen molar-refractivity contribution in [3.8, 4) is 0 Å². The fourth-order valence-electron chi connectivity index (χ4n) is 2.70. The fourth-order valence-corrected chi connectivity index (χ4v) is 4.28. The summed E-state index contributed by atoms with van der Waals surface area (Å²) in [5.74, 6) is -1.05. The summed E-state index contributed by atoms with van der Waals surface area (Å²) in [4.78, 5) is 11.2. The van der Waals surface area contributed by atoms with Crippen LogP contribution in [0.2, 0.25) is 0 Å². The summed E-state index contributed by atoms with van der Waals surface area (Å²) < 4.78 is 27.9. The summed E-state index contributed by atoms with van der Waals surface area (Å²) in [5.41, 5.74) is 3.39. The van der Waals surface area contributed by atoms with Crippen molar-refractivity contribution in [1.82, 2.24) is 0 Å². The maximum Gasteiger partial charge on any atom is 0.335 e. The average molecular weight is 333 g/mol. The highest BCUT2D eigenvalue weighted by Crippen LogP contribution is 2.26. The van der Waals surface area contributed by atoms with Crippen LogP contribution in [0.4, 0.5) is 5.69 Å². The molecular formula is C17H19NO4S. The van der Waals surface area contributed by atoms with Gasteiger partial charge < -0.3 is 5.11 Å². The molecule has 0 amide bonds. The number of hydrogen-bond acceptors (Lipinski definition) is 3. The number of sulfonamides is 1. The molecule has 0 atom stereocenters. The fraction of sp³-hybridized carbons (Fsp3) is 0.235. The van der Waals surface area contributed by atoms with Crippen LogP contribution in [-0.2, 0) is 10.0 Å². The molecule has 5 nitrogen and oxygen atoms in total. The van der Waals surface area contributed by atoms with Crippen LogP contribution in [0.5, 0.6) is 0 Å². The number of carbonyl (C=O) groups is 1. The van der Waals surface area contributed by atoms with E-state index in [4.69, 9.17) is 5.11 Å². The number of nitrogens with one attached hydrogen (secondary N) is 1. The topological polar surface area (TPSA) is 83.5 Å². The SMILES string of the molecule is Cc1cc(C)c(S(=O)(=O)Nc2ccc(C(=O)O)cc2C)c(C)c1. The maximum absolute atomic E-state index is 12.7. The molecule has 0 aromatic heterocycles. The Kier molecular flexibility index (Phi) is 4.47. The van der Waals surface area contributed by atoms with E-state index in [0.717, 1.165) is 5.56 Å². The van der Waals surface area contributed by atoms with Gasteiger partial charge in [-0.05, 0) is 62.6 Å². The van der Waals surface area contributed by atoms with E-state index >= 15 is 0 Å². The van der Waals surface area contributed by atoms with Gasteiger partial charge in [-0.25, -0.2) is 13.2 Å². The smallest absolute Gasteiger partial charge is 0.335 e. The van der Waals surface area contributed by atoms with Crippen LogP contribution in [0.15, 0.2) is 35.2 Å². The van der Waals surface area contributed by atoms with Gasteiger partial charge in [0.15, 0.2) is 0 Å². The zero-order chi connectivity index (χ0) is 17.4. The van der Waals surface area contributed by atoms with E-state index in [1.54, 1.807) is 20.8 Å². The van der Waals surface area contributed by atoms with E-state index in [1.165, 1.54) is 18.2 Å². The third-order valence-corrected chi connectivity index (χ3v) is 5.26. The Morgan fingerprint density at radius 3 is 2.00 bits per heavy atom. The van der Waals surface area contributed by atoms with Crippen molar-refractivity contribution in [2.24, 2.45) is 0 Å². The standard InChI is InChI=1S/C17H19NO4S/c1-10-7-12(3)16(13(4)8-10)23(21,22)18-15-6-5-14(17(19)20)9-11(15)2/h5-9,18H,1-4H3,(H,19,20). The third kappa shape index (κ3) is 3.53. The van der Waals surface area contributed by atoms with Crippen molar-refractivity contribution in [1.29, 1.82) is 0 Å². The van der Waals surface area contributed by atoms with E-state index < -0.39 is 16.0 Å². The summed E-state index contributed by atoms with van der Waals surface area (Å²) in [6, 6.07) is 7.93. The molecule has 2 aromatic carbocycles. The molecule has 0 saturated carbocycles. The zero-order valence-corrected chi connectivity index (χ0v) is 14.3. The van der Waals surface area contributed by atoms with Crippen molar-refractivity contribution in [3.05, 3.63) is 58.1 Å². The lowest BCUT2D eigenvalue weighted by molar-refractivity contribution is 0.0697. The molecule has 2 aromatic rings. The number of hydrogen-bond donors (Lipinski definition) is 2. The van der Waals surface area contributed by atoms with Gasteiger partial charge in [0, 0.05) is 0 Å². The Hall–Kier alpha value is -2.34. The number of anilines is 1. The van der Waals surface area contributed by atoms with Crippen LogP contribution in [0.1, 0.15) is 32.6 Å². The summed E-state index contributed by atoms with van der Waals surface area (Å²) in [7, 11) is -3.74. The second-order valence-electron chi connectivity index (χ2n) is 5.67. The molecule has 6 heteroatoms. The minimum atomic E-state index is -3.74. The van der Waals surface area contributed by atoms with Gasteiger partial charge in [-0.1, -0.05) is 17.7 Å². The summed E-state index contributed by atoms with van der Waals surface area (Å²) >= 11 is 0. The van der Waals surface area contributed by atoms with E-state index in [2.05, 4.69) is 4.72 Å². The van der Waals surface area contributed by atoms with Gasteiger partial charge in [-0.3, -0.25) is 4.72 Å². The molecule has 0 spiro atoms. The molecule has 2 rings (SSSR count). The molecular weight excluding hydrogens is 314 g/mol. The van der Waals surface area contributed by atoms with Crippen LogP contribution in [0.3, 0.4) is 0 Å². The van der Waals surface area contributed by atoms with Crippen LogP contribution in [-0.4, -0.2) is 19.5 Å². The molecule has 23 heavy (non-hydrogen) atoms. The molecule has 0 aliphatic carbocycles. The maximum atomic E-state index is 12.7. The lowest BCUT2D eigenvalue weighted by Crippen LogP contribution is -2.16. The summed E-state index contributed by atoms with van der Waals surface area (Å²) in [6.45, 7) is 7.10. The molecule has 0 aliphatic heterocycles. The van der Waals surface area contributed by atoms with Gasteiger partial charge in [-0.2, -0.15) is 0 Å². The summed E-state index contributed by atoms with van der Waals surface area (Å²) in [6.07, 6.45) is 0. The summed E-state index contributed by atoms with van der Waals surface area (Å²) in [5, 5.41) is 8.97. The second-order valence-corrected chi connectivity index (χ2v) is 7.29. The first-order chi connectivity index (χ1) is 10.6. The minimum Gasteiger partial charge on any atom is -0.478 e. The first kappa shape index (κ1) is 17.0. The number of carboxylic acids is 1. The highest BCUT2D eigenvalue weighted by Gasteiger charge is 2.21. The number of benzene rings is 2. The average Bonchev–Trinajstić information content (AvgIpc) is 2.38. The Labute approximate surface area is 136 Å². The Morgan fingerprint density at radius 2 is 1.52 bits per heavy atom. The van der Waals surface area contributed by atoms with Crippen LogP contribution >= 0.6 is 0 Å². The van der Waals surface area contributed by atoms with Gasteiger partial charge >= 0.3 is 5.97 Å². The van der Waals surface area contributed by atoms with Crippen molar-refractivity contribution in [3.63, 3.8) is 0 Å². The van der Waals surface area contributed by atoms with E-state index in [9.17, 15) is 13.2 Å². The van der Waals surface area contributed by atoms with Crippen LogP contribution in [0.25, 0.3) is 0 Å². The number of aryl methyl sites for hydroxylation is 4. The van der Waals surface area contributed by atoms with Crippen molar-refractivity contribution in [2.45, 2.75) is 32.6 Å². The predicted octanol–water partition coefficient (Wildman–Crippen LogP) is 3.42. The predicted molar refractivity (Wildman–Crippen MR) is 89.6 cm³/mol. The monoisotopic (exact) mass is 333 g/mol. The van der Waals surface area contributed by atoms with Crippen molar-refractivity contribution in [2.75, 3.05) is 4.72 Å². The van der Waals surface area contributed by atoms with E-state index in [-0.39, 0.29) is 10.5 Å². The van der Waals surface area contributed by atoms with Gasteiger partial charge in [0.1, 0.15) is 0 Å². The zero-order valence-electron chi connectivity index (χ0n) is 13.5. The molecule has 122 valence electrons. The van der Waals surface area contributed by atoms with E-state index in [0.29, 0.717) is 22.4 Å².